The number of carbonyl (C=O) groups is 2. The number of hydrogen-bond acceptors (Lipinski definition) is 4. The predicted octanol–water partition coefficient (Wildman–Crippen LogP) is -0.842. The maximum absolute atomic E-state index is 11.7. The normalized spacial score (nSPS) is 22.1. The summed E-state index contributed by atoms with van der Waals surface area (Å²) in [5.74, 6) is -0.284. The second-order valence-electron chi connectivity index (χ2n) is 4.19. The molecule has 2 amide bonds. The van der Waals surface area contributed by atoms with Crippen molar-refractivity contribution in [3.63, 3.8) is 0 Å². The Morgan fingerprint density at radius 2 is 2.06 bits per heavy atom. The molecule has 1 aliphatic rings. The van der Waals surface area contributed by atoms with Crippen LogP contribution in [0.25, 0.3) is 0 Å². The van der Waals surface area contributed by atoms with Crippen molar-refractivity contribution in [2.75, 3.05) is 25.1 Å². The molecule has 6 nitrogen and oxygen atoms in total. The number of nitrogens with zero attached hydrogens (tertiary/aromatic N) is 1. The average molecular weight is 262 g/mol. The molecule has 0 aliphatic carbocycles. The van der Waals surface area contributed by atoms with E-state index in [0.29, 0.717) is 12.8 Å². The lowest BCUT2D eigenvalue weighted by atomic mass is 10.2. The third-order valence-corrected chi connectivity index (χ3v) is 4.66. The quantitative estimate of drug-likeness (QED) is 0.716. The van der Waals surface area contributed by atoms with Crippen LogP contribution < -0.4 is 5.32 Å². The van der Waals surface area contributed by atoms with Gasteiger partial charge in [0.05, 0.1) is 18.1 Å². The molecule has 98 valence electrons. The second-order valence-corrected chi connectivity index (χ2v) is 6.42. The molecule has 17 heavy (non-hydrogen) atoms. The van der Waals surface area contributed by atoms with Crippen molar-refractivity contribution < 1.29 is 18.0 Å². The van der Waals surface area contributed by atoms with E-state index in [1.807, 2.05) is 0 Å². The molecule has 1 saturated heterocycles. The second kappa shape index (κ2) is 5.48. The fourth-order valence-corrected chi connectivity index (χ4v) is 3.48. The molecule has 0 aromatic carbocycles. The van der Waals surface area contributed by atoms with Gasteiger partial charge in [0.1, 0.15) is 0 Å². The third-order valence-electron chi connectivity index (χ3n) is 2.91. The highest BCUT2D eigenvalue weighted by Gasteiger charge is 2.32. The summed E-state index contributed by atoms with van der Waals surface area (Å²) in [6.45, 7) is 1.63. The van der Waals surface area contributed by atoms with Crippen molar-refractivity contribution >= 4 is 21.7 Å². The number of rotatable bonds is 4. The van der Waals surface area contributed by atoms with Crippen LogP contribution in [0, 0.1) is 0 Å². The van der Waals surface area contributed by atoms with Crippen LogP contribution in [-0.4, -0.2) is 56.3 Å². The predicted molar refractivity (Wildman–Crippen MR) is 63.1 cm³/mol. The Balaban J connectivity index is 2.45. The Labute approximate surface area is 101 Å². The van der Waals surface area contributed by atoms with E-state index in [0.717, 1.165) is 0 Å². The van der Waals surface area contributed by atoms with Crippen LogP contribution in [0.3, 0.4) is 0 Å². The van der Waals surface area contributed by atoms with Gasteiger partial charge in [0, 0.05) is 19.5 Å². The maximum atomic E-state index is 11.7. The molecule has 1 aliphatic heterocycles. The summed E-state index contributed by atoms with van der Waals surface area (Å²) in [7, 11) is -1.42. The summed E-state index contributed by atoms with van der Waals surface area (Å²) in [5, 5.41) is 2.48. The van der Waals surface area contributed by atoms with E-state index in [2.05, 4.69) is 5.32 Å². The summed E-state index contributed by atoms with van der Waals surface area (Å²) in [4.78, 5) is 24.1. The Hall–Kier alpha value is -1.11. The van der Waals surface area contributed by atoms with Crippen LogP contribution in [-0.2, 0) is 19.4 Å². The third kappa shape index (κ3) is 3.99. The van der Waals surface area contributed by atoms with Crippen molar-refractivity contribution in [2.24, 2.45) is 0 Å². The van der Waals surface area contributed by atoms with Gasteiger partial charge in [-0.05, 0) is 6.42 Å². The van der Waals surface area contributed by atoms with Crippen LogP contribution in [0.5, 0.6) is 0 Å². The van der Waals surface area contributed by atoms with Crippen LogP contribution >= 0.6 is 0 Å². The number of amides is 2. The first-order valence-corrected chi connectivity index (χ1v) is 7.40. The van der Waals surface area contributed by atoms with E-state index < -0.39 is 9.84 Å². The van der Waals surface area contributed by atoms with Crippen LogP contribution in [0.4, 0.5) is 0 Å². The molecule has 0 saturated carbocycles. The average Bonchev–Trinajstić information content (AvgIpc) is 2.64. The van der Waals surface area contributed by atoms with Gasteiger partial charge in [0.2, 0.25) is 11.8 Å². The number of nitrogens with one attached hydrogen (secondary N) is 1. The van der Waals surface area contributed by atoms with E-state index in [1.165, 1.54) is 4.90 Å². The zero-order valence-corrected chi connectivity index (χ0v) is 10.9. The number of hydrogen-bond donors (Lipinski definition) is 1. The highest BCUT2D eigenvalue weighted by molar-refractivity contribution is 7.91. The molecule has 1 heterocycles. The standard InChI is InChI=1S/C10H18N2O4S/c1-3-9(13)11-6-10(14)12(2)8-4-5-17(15,16)7-8/h8H,3-7H2,1-2H3,(H,11,13). The summed E-state index contributed by atoms with van der Waals surface area (Å²) in [6, 6.07) is -0.258. The van der Waals surface area contributed by atoms with Crippen molar-refractivity contribution in [2.45, 2.75) is 25.8 Å². The Morgan fingerprint density at radius 3 is 2.53 bits per heavy atom. The van der Waals surface area contributed by atoms with Crippen molar-refractivity contribution in [1.29, 1.82) is 0 Å². The minimum atomic E-state index is -2.99. The fourth-order valence-electron chi connectivity index (χ4n) is 1.71. The molecule has 1 N–H and O–H groups in total. The highest BCUT2D eigenvalue weighted by Crippen LogP contribution is 2.16. The molecule has 0 aromatic heterocycles. The molecule has 1 rings (SSSR count). The lowest BCUT2D eigenvalue weighted by Crippen LogP contribution is -2.43. The van der Waals surface area contributed by atoms with E-state index in [4.69, 9.17) is 0 Å². The van der Waals surface area contributed by atoms with Gasteiger partial charge >= 0.3 is 0 Å². The summed E-state index contributed by atoms with van der Waals surface area (Å²) >= 11 is 0. The minimum absolute atomic E-state index is 0.0248. The molecule has 0 radical (unpaired) electrons. The van der Waals surface area contributed by atoms with Crippen molar-refractivity contribution in [1.82, 2.24) is 10.2 Å². The smallest absolute Gasteiger partial charge is 0.241 e. The lowest BCUT2D eigenvalue weighted by Gasteiger charge is -2.23. The van der Waals surface area contributed by atoms with Gasteiger partial charge in [-0.1, -0.05) is 6.92 Å². The summed E-state index contributed by atoms with van der Waals surface area (Å²) in [5.41, 5.74) is 0. The zero-order valence-electron chi connectivity index (χ0n) is 10.1. The van der Waals surface area contributed by atoms with Gasteiger partial charge in [-0.25, -0.2) is 8.42 Å². The van der Waals surface area contributed by atoms with E-state index in [1.54, 1.807) is 14.0 Å². The van der Waals surface area contributed by atoms with Gasteiger partial charge in [0.25, 0.3) is 0 Å². The van der Waals surface area contributed by atoms with Crippen molar-refractivity contribution in [3.8, 4) is 0 Å². The van der Waals surface area contributed by atoms with Gasteiger partial charge in [0.15, 0.2) is 9.84 Å². The van der Waals surface area contributed by atoms with Gasteiger partial charge < -0.3 is 10.2 Å². The molecule has 0 aromatic rings. The number of sulfone groups is 1. The molecule has 0 bridgehead atoms. The number of likely N-dealkylation sites (N-methyl/N-ethyl adjacent to an activating group) is 1. The molecule has 1 unspecified atom stereocenters. The Morgan fingerprint density at radius 1 is 1.41 bits per heavy atom. The molecule has 7 heteroatoms. The number of carbonyl (C=O) groups excluding carboxylic acids is 2. The van der Waals surface area contributed by atoms with Crippen LogP contribution in [0.1, 0.15) is 19.8 Å². The van der Waals surface area contributed by atoms with Crippen molar-refractivity contribution in [3.05, 3.63) is 0 Å². The van der Waals surface area contributed by atoms with E-state index in [9.17, 15) is 18.0 Å². The monoisotopic (exact) mass is 262 g/mol. The Kier molecular flexibility index (Phi) is 4.50. The topological polar surface area (TPSA) is 83.6 Å². The highest BCUT2D eigenvalue weighted by atomic mass is 32.2. The molecular formula is C10H18N2O4S. The van der Waals surface area contributed by atoms with Gasteiger partial charge in [-0.2, -0.15) is 0 Å². The fraction of sp³-hybridized carbons (Fsp3) is 0.800. The van der Waals surface area contributed by atoms with Crippen LogP contribution in [0.2, 0.25) is 0 Å². The summed E-state index contributed by atoms with van der Waals surface area (Å²) in [6.07, 6.45) is 0.807. The maximum Gasteiger partial charge on any atom is 0.241 e. The lowest BCUT2D eigenvalue weighted by molar-refractivity contribution is -0.133. The molecular weight excluding hydrogens is 244 g/mol. The molecule has 1 fully saturated rings. The zero-order chi connectivity index (χ0) is 13.1. The first kappa shape index (κ1) is 14.0. The van der Waals surface area contributed by atoms with Gasteiger partial charge in [-0.3, -0.25) is 9.59 Å². The Bertz CT molecular complexity index is 405. The SMILES string of the molecule is CCC(=O)NCC(=O)N(C)C1CCS(=O)(=O)C1. The minimum Gasteiger partial charge on any atom is -0.347 e. The largest absolute Gasteiger partial charge is 0.347 e. The first-order valence-electron chi connectivity index (χ1n) is 5.58. The summed E-state index contributed by atoms with van der Waals surface area (Å²) < 4.78 is 22.5. The van der Waals surface area contributed by atoms with E-state index in [-0.39, 0.29) is 35.9 Å². The van der Waals surface area contributed by atoms with Gasteiger partial charge in [-0.15, -0.1) is 0 Å². The van der Waals surface area contributed by atoms with E-state index >= 15 is 0 Å². The molecule has 1 atom stereocenters. The first-order chi connectivity index (χ1) is 7.85. The molecule has 0 spiro atoms. The van der Waals surface area contributed by atoms with Crippen LogP contribution in [0.15, 0.2) is 0 Å².